The van der Waals surface area contributed by atoms with Gasteiger partial charge in [-0.3, -0.25) is 4.90 Å². The highest BCUT2D eigenvalue weighted by Crippen LogP contribution is 2.34. The van der Waals surface area contributed by atoms with Gasteiger partial charge in [0.1, 0.15) is 12.7 Å². The van der Waals surface area contributed by atoms with E-state index in [-0.39, 0.29) is 30.6 Å². The molecule has 3 rings (SSSR count). The number of carbonyl (C=O) groups excluding carboxylic acids is 2. The number of rotatable bonds is 1. The Bertz CT molecular complexity index is 629. The number of cyclic esters (lactones) is 1. The molecule has 0 aromatic rings. The Morgan fingerprint density at radius 3 is 2.81 bits per heavy atom. The molecule has 2 saturated heterocycles. The van der Waals surface area contributed by atoms with E-state index in [1.807, 2.05) is 6.08 Å². The van der Waals surface area contributed by atoms with Crippen LogP contribution in [-0.4, -0.2) is 76.6 Å². The largest absolute Gasteiger partial charge is 0.459 e. The van der Waals surface area contributed by atoms with Crippen LogP contribution in [0.1, 0.15) is 26.7 Å². The van der Waals surface area contributed by atoms with Crippen molar-refractivity contribution in [2.45, 2.75) is 44.4 Å². The van der Waals surface area contributed by atoms with Gasteiger partial charge in [-0.25, -0.2) is 9.59 Å². The van der Waals surface area contributed by atoms with Crippen LogP contribution in [0.5, 0.6) is 0 Å². The summed E-state index contributed by atoms with van der Waals surface area (Å²) < 4.78 is 11.1. The van der Waals surface area contributed by atoms with Gasteiger partial charge < -0.3 is 25.2 Å². The summed E-state index contributed by atoms with van der Waals surface area (Å²) in [7, 11) is 0. The standard InChI is InChI=1S/C18H25NO6.H2O/c1-3-12-8-11(2)18(23,10-20)17(22)24-9-13-4-6-19-7-5-14(15(13)19)25-16(12)21;/h3-4,11,14-15,20,23H,5-10H2,1-2H3;1H2/b12-3-;/t11-,14-,15-,18-;/m1./s1. The Balaban J connectivity index is 0.00000243. The Morgan fingerprint density at radius 2 is 2.15 bits per heavy atom. The summed E-state index contributed by atoms with van der Waals surface area (Å²) in [5.74, 6) is -1.99. The minimum Gasteiger partial charge on any atom is -0.459 e. The van der Waals surface area contributed by atoms with E-state index < -0.39 is 30.1 Å². The van der Waals surface area contributed by atoms with Gasteiger partial charge in [0, 0.05) is 24.6 Å². The van der Waals surface area contributed by atoms with Crippen LogP contribution < -0.4 is 0 Å². The molecule has 0 bridgehead atoms. The van der Waals surface area contributed by atoms with Gasteiger partial charge in [0.25, 0.3) is 0 Å². The fourth-order valence-electron chi connectivity index (χ4n) is 3.85. The molecule has 0 aromatic heterocycles. The lowest BCUT2D eigenvalue weighted by Crippen LogP contribution is -2.50. The third-order valence-electron chi connectivity index (χ3n) is 5.59. The molecule has 8 heteroatoms. The highest BCUT2D eigenvalue weighted by molar-refractivity contribution is 5.89. The molecule has 0 spiro atoms. The minimum atomic E-state index is -2.05. The summed E-state index contributed by atoms with van der Waals surface area (Å²) in [6.45, 7) is 4.12. The number of ether oxygens (including phenoxy) is 2. The SMILES string of the molecule is C/C=C1/C[C@@H](C)[C@](O)(CO)C(=O)OCC2=CCN3CC[C@@H](OC1=O)[C@@H]23.O. The fourth-order valence-corrected chi connectivity index (χ4v) is 3.85. The van der Waals surface area contributed by atoms with E-state index in [9.17, 15) is 19.8 Å². The number of carbonyl (C=O) groups is 2. The van der Waals surface area contributed by atoms with Gasteiger partial charge in [-0.15, -0.1) is 0 Å². The molecule has 0 unspecified atom stereocenters. The lowest BCUT2D eigenvalue weighted by atomic mass is 9.84. The Labute approximate surface area is 152 Å². The second-order valence-corrected chi connectivity index (χ2v) is 7.03. The van der Waals surface area contributed by atoms with Gasteiger partial charge in [-0.1, -0.05) is 19.1 Å². The highest BCUT2D eigenvalue weighted by Gasteiger charge is 2.46. The normalized spacial score (nSPS) is 37.0. The molecule has 0 saturated carbocycles. The molecule has 26 heavy (non-hydrogen) atoms. The Morgan fingerprint density at radius 1 is 1.42 bits per heavy atom. The zero-order chi connectivity index (χ0) is 18.2. The van der Waals surface area contributed by atoms with Gasteiger partial charge in [-0.2, -0.15) is 0 Å². The van der Waals surface area contributed by atoms with Crippen molar-refractivity contribution in [2.24, 2.45) is 5.92 Å². The third kappa shape index (κ3) is 3.42. The molecule has 2 fully saturated rings. The average Bonchev–Trinajstić information content (AvgIpc) is 3.18. The molecule has 3 aliphatic rings. The molecule has 146 valence electrons. The van der Waals surface area contributed by atoms with Crippen LogP contribution in [0.2, 0.25) is 0 Å². The Kier molecular flexibility index (Phi) is 6.23. The molecular weight excluding hydrogens is 342 g/mol. The van der Waals surface area contributed by atoms with Crippen molar-refractivity contribution >= 4 is 11.9 Å². The predicted octanol–water partition coefficient (Wildman–Crippen LogP) is -0.659. The van der Waals surface area contributed by atoms with Gasteiger partial charge in [0.15, 0.2) is 5.60 Å². The molecular formula is C18H27NO7. The zero-order valence-electron chi connectivity index (χ0n) is 15.1. The number of hydrogen-bond donors (Lipinski definition) is 2. The van der Waals surface area contributed by atoms with Crippen molar-refractivity contribution < 1.29 is 34.8 Å². The summed E-state index contributed by atoms with van der Waals surface area (Å²) in [6.07, 6.45) is 4.20. The van der Waals surface area contributed by atoms with Gasteiger partial charge in [-0.05, 0) is 25.3 Å². The quantitative estimate of drug-likeness (QED) is 0.357. The van der Waals surface area contributed by atoms with Crippen LogP contribution in [0.15, 0.2) is 23.3 Å². The summed E-state index contributed by atoms with van der Waals surface area (Å²) in [6, 6.07) is -0.0890. The first-order valence-electron chi connectivity index (χ1n) is 8.70. The van der Waals surface area contributed by atoms with Crippen molar-refractivity contribution in [3.8, 4) is 0 Å². The topological polar surface area (TPSA) is 128 Å². The summed E-state index contributed by atoms with van der Waals surface area (Å²) >= 11 is 0. The first-order chi connectivity index (χ1) is 11.9. The monoisotopic (exact) mass is 369 g/mol. The van der Waals surface area contributed by atoms with Crippen molar-refractivity contribution in [3.63, 3.8) is 0 Å². The van der Waals surface area contributed by atoms with Gasteiger partial charge in [0.2, 0.25) is 0 Å². The molecule has 8 nitrogen and oxygen atoms in total. The molecule has 3 heterocycles. The van der Waals surface area contributed by atoms with Crippen LogP contribution in [0.25, 0.3) is 0 Å². The number of aliphatic hydroxyl groups excluding tert-OH is 1. The molecule has 0 amide bonds. The van der Waals surface area contributed by atoms with Crippen molar-refractivity contribution in [3.05, 3.63) is 23.3 Å². The number of hydrogen-bond acceptors (Lipinski definition) is 7. The maximum absolute atomic E-state index is 12.6. The first kappa shape index (κ1) is 20.6. The highest BCUT2D eigenvalue weighted by atomic mass is 16.6. The molecule has 0 radical (unpaired) electrons. The van der Waals surface area contributed by atoms with Gasteiger partial charge >= 0.3 is 11.9 Å². The number of aliphatic hydroxyl groups is 2. The van der Waals surface area contributed by atoms with Crippen LogP contribution in [0.3, 0.4) is 0 Å². The van der Waals surface area contributed by atoms with Crippen molar-refractivity contribution in [2.75, 3.05) is 26.3 Å². The lowest BCUT2D eigenvalue weighted by Gasteiger charge is -2.32. The number of nitrogens with zero attached hydrogens (tertiary/aromatic N) is 1. The van der Waals surface area contributed by atoms with Crippen LogP contribution in [-0.2, 0) is 19.1 Å². The second-order valence-electron chi connectivity index (χ2n) is 7.03. The van der Waals surface area contributed by atoms with E-state index in [1.165, 1.54) is 0 Å². The van der Waals surface area contributed by atoms with E-state index >= 15 is 0 Å². The molecule has 4 atom stereocenters. The molecule has 4 N–H and O–H groups in total. The first-order valence-corrected chi connectivity index (χ1v) is 8.70. The fraction of sp³-hybridized carbons (Fsp3) is 0.667. The van der Waals surface area contributed by atoms with Crippen LogP contribution >= 0.6 is 0 Å². The molecule has 3 aliphatic heterocycles. The van der Waals surface area contributed by atoms with Gasteiger partial charge in [0.05, 0.1) is 12.6 Å². The average molecular weight is 369 g/mol. The molecule has 0 aliphatic carbocycles. The Hall–Kier alpha value is -1.74. The van der Waals surface area contributed by atoms with Crippen LogP contribution in [0.4, 0.5) is 0 Å². The maximum atomic E-state index is 12.6. The van der Waals surface area contributed by atoms with E-state index in [0.29, 0.717) is 5.57 Å². The second kappa shape index (κ2) is 7.87. The molecule has 0 aromatic carbocycles. The summed E-state index contributed by atoms with van der Waals surface area (Å²) in [4.78, 5) is 27.2. The number of allylic oxidation sites excluding steroid dienone is 1. The van der Waals surface area contributed by atoms with Crippen molar-refractivity contribution in [1.29, 1.82) is 0 Å². The maximum Gasteiger partial charge on any atom is 0.341 e. The van der Waals surface area contributed by atoms with E-state index in [0.717, 1.165) is 25.1 Å². The third-order valence-corrected chi connectivity index (χ3v) is 5.59. The summed E-state index contributed by atoms with van der Waals surface area (Å²) in [5.41, 5.74) is -0.796. The summed E-state index contributed by atoms with van der Waals surface area (Å²) in [5, 5.41) is 20.2. The lowest BCUT2D eigenvalue weighted by molar-refractivity contribution is -0.176. The predicted molar refractivity (Wildman–Crippen MR) is 92.1 cm³/mol. The van der Waals surface area contributed by atoms with E-state index in [4.69, 9.17) is 9.47 Å². The smallest absolute Gasteiger partial charge is 0.341 e. The van der Waals surface area contributed by atoms with Crippen molar-refractivity contribution in [1.82, 2.24) is 4.90 Å². The number of esters is 2. The minimum absolute atomic E-state index is 0. The van der Waals surface area contributed by atoms with Crippen LogP contribution in [0, 0.1) is 5.92 Å². The zero-order valence-corrected chi connectivity index (χ0v) is 15.1. The van der Waals surface area contributed by atoms with E-state index in [2.05, 4.69) is 4.90 Å². The van der Waals surface area contributed by atoms with E-state index in [1.54, 1.807) is 19.9 Å².